The number of amides is 1. The lowest BCUT2D eigenvalue weighted by Gasteiger charge is -2.34. The van der Waals surface area contributed by atoms with E-state index in [1.165, 1.54) is 0 Å². The number of ether oxygens (including phenoxy) is 1. The molecule has 0 saturated carbocycles. The first-order valence-corrected chi connectivity index (χ1v) is 9.46. The molecule has 1 aliphatic heterocycles. The van der Waals surface area contributed by atoms with Crippen molar-refractivity contribution in [2.24, 2.45) is 0 Å². The third kappa shape index (κ3) is 3.24. The smallest absolute Gasteiger partial charge is 0.276 e. The van der Waals surface area contributed by atoms with Gasteiger partial charge in [0.15, 0.2) is 10.8 Å². The SMILES string of the molecule is CCOc1ccc2nc(N3CCN(C(=O)c4cc(C)on4)CC3)sc2c1. The van der Waals surface area contributed by atoms with Crippen molar-refractivity contribution < 1.29 is 14.1 Å². The second kappa shape index (κ2) is 6.95. The fourth-order valence-electron chi connectivity index (χ4n) is 3.01. The zero-order valence-corrected chi connectivity index (χ0v) is 15.6. The summed E-state index contributed by atoms with van der Waals surface area (Å²) in [5, 5.41) is 4.80. The van der Waals surface area contributed by atoms with E-state index in [4.69, 9.17) is 14.2 Å². The quantitative estimate of drug-likeness (QED) is 0.701. The van der Waals surface area contributed by atoms with E-state index in [1.807, 2.05) is 30.0 Å². The predicted octanol–water partition coefficient (Wildman–Crippen LogP) is 2.95. The number of benzene rings is 1. The number of hydrogen-bond acceptors (Lipinski definition) is 7. The first kappa shape index (κ1) is 16.8. The number of aryl methyl sites for hydroxylation is 1. The van der Waals surface area contributed by atoms with Gasteiger partial charge in [0.05, 0.1) is 16.8 Å². The number of anilines is 1. The number of carbonyl (C=O) groups is 1. The van der Waals surface area contributed by atoms with Crippen LogP contribution in [0, 0.1) is 6.92 Å². The molecule has 0 spiro atoms. The van der Waals surface area contributed by atoms with E-state index in [9.17, 15) is 4.79 Å². The normalized spacial score (nSPS) is 14.8. The van der Waals surface area contributed by atoms with Gasteiger partial charge in [0, 0.05) is 32.2 Å². The largest absolute Gasteiger partial charge is 0.494 e. The number of carbonyl (C=O) groups excluding carboxylic acids is 1. The molecule has 0 unspecified atom stereocenters. The van der Waals surface area contributed by atoms with Crippen LogP contribution in [-0.4, -0.2) is 53.7 Å². The van der Waals surface area contributed by atoms with Crippen molar-refractivity contribution in [2.45, 2.75) is 13.8 Å². The Morgan fingerprint density at radius 3 is 2.77 bits per heavy atom. The van der Waals surface area contributed by atoms with Crippen LogP contribution in [0.3, 0.4) is 0 Å². The summed E-state index contributed by atoms with van der Waals surface area (Å²) in [5.41, 5.74) is 1.35. The Kier molecular flexibility index (Phi) is 4.50. The van der Waals surface area contributed by atoms with Crippen LogP contribution in [0.4, 0.5) is 5.13 Å². The van der Waals surface area contributed by atoms with Crippen molar-refractivity contribution in [3.63, 3.8) is 0 Å². The van der Waals surface area contributed by atoms with Crippen molar-refractivity contribution in [3.05, 3.63) is 35.7 Å². The van der Waals surface area contributed by atoms with Crippen molar-refractivity contribution in [1.29, 1.82) is 0 Å². The van der Waals surface area contributed by atoms with Gasteiger partial charge in [-0.3, -0.25) is 4.79 Å². The molecule has 1 fully saturated rings. The Labute approximate surface area is 155 Å². The van der Waals surface area contributed by atoms with Crippen molar-refractivity contribution in [1.82, 2.24) is 15.0 Å². The molecule has 136 valence electrons. The second-order valence-electron chi connectivity index (χ2n) is 6.16. The zero-order chi connectivity index (χ0) is 18.1. The van der Waals surface area contributed by atoms with E-state index >= 15 is 0 Å². The molecule has 1 saturated heterocycles. The number of hydrogen-bond donors (Lipinski definition) is 0. The summed E-state index contributed by atoms with van der Waals surface area (Å²) in [6.07, 6.45) is 0. The van der Waals surface area contributed by atoms with Gasteiger partial charge >= 0.3 is 0 Å². The van der Waals surface area contributed by atoms with Gasteiger partial charge in [-0.2, -0.15) is 0 Å². The van der Waals surface area contributed by atoms with Crippen molar-refractivity contribution in [3.8, 4) is 5.75 Å². The minimum atomic E-state index is -0.0767. The summed E-state index contributed by atoms with van der Waals surface area (Å²) in [5.74, 6) is 1.44. The van der Waals surface area contributed by atoms with E-state index in [1.54, 1.807) is 24.3 Å². The standard InChI is InChI=1S/C18H20N4O3S/c1-3-24-13-4-5-14-16(11-13)26-18(19-14)22-8-6-21(7-9-22)17(23)15-10-12(2)25-20-15/h4-5,10-11H,3,6-9H2,1-2H3. The summed E-state index contributed by atoms with van der Waals surface area (Å²) in [4.78, 5) is 21.2. The average Bonchev–Trinajstić information content (AvgIpc) is 3.27. The maximum absolute atomic E-state index is 12.5. The highest BCUT2D eigenvalue weighted by atomic mass is 32.1. The minimum Gasteiger partial charge on any atom is -0.494 e. The molecule has 8 heteroatoms. The highest BCUT2D eigenvalue weighted by Crippen LogP contribution is 2.32. The van der Waals surface area contributed by atoms with Crippen LogP contribution in [0.25, 0.3) is 10.2 Å². The molecule has 26 heavy (non-hydrogen) atoms. The highest BCUT2D eigenvalue weighted by Gasteiger charge is 2.25. The molecule has 1 aromatic carbocycles. The van der Waals surface area contributed by atoms with Gasteiger partial charge in [-0.25, -0.2) is 4.98 Å². The maximum atomic E-state index is 12.5. The molecule has 3 heterocycles. The monoisotopic (exact) mass is 372 g/mol. The average molecular weight is 372 g/mol. The Morgan fingerprint density at radius 2 is 2.08 bits per heavy atom. The molecular formula is C18H20N4O3S. The van der Waals surface area contributed by atoms with Gasteiger partial charge in [0.2, 0.25) is 0 Å². The lowest BCUT2D eigenvalue weighted by Crippen LogP contribution is -2.48. The molecule has 0 radical (unpaired) electrons. The first-order valence-electron chi connectivity index (χ1n) is 8.65. The molecule has 0 aliphatic carbocycles. The van der Waals surface area contributed by atoms with Crippen LogP contribution in [0.15, 0.2) is 28.8 Å². The Morgan fingerprint density at radius 1 is 1.27 bits per heavy atom. The third-order valence-corrected chi connectivity index (χ3v) is 5.42. The van der Waals surface area contributed by atoms with Gasteiger partial charge in [-0.15, -0.1) is 0 Å². The Hall–Kier alpha value is -2.61. The molecular weight excluding hydrogens is 352 g/mol. The molecule has 0 atom stereocenters. The maximum Gasteiger partial charge on any atom is 0.276 e. The van der Waals surface area contributed by atoms with Crippen LogP contribution in [0.2, 0.25) is 0 Å². The van der Waals surface area contributed by atoms with Crippen molar-refractivity contribution in [2.75, 3.05) is 37.7 Å². The minimum absolute atomic E-state index is 0.0767. The molecule has 1 amide bonds. The van der Waals surface area contributed by atoms with E-state index in [0.29, 0.717) is 31.2 Å². The molecule has 0 bridgehead atoms. The van der Waals surface area contributed by atoms with Crippen LogP contribution in [0.5, 0.6) is 5.75 Å². The van der Waals surface area contributed by atoms with Crippen LogP contribution in [0.1, 0.15) is 23.2 Å². The molecule has 7 nitrogen and oxygen atoms in total. The molecule has 3 aromatic rings. The number of rotatable bonds is 4. The van der Waals surface area contributed by atoms with Gasteiger partial charge in [-0.05, 0) is 32.0 Å². The van der Waals surface area contributed by atoms with Gasteiger partial charge < -0.3 is 19.1 Å². The van der Waals surface area contributed by atoms with Gasteiger partial charge in [0.25, 0.3) is 5.91 Å². The molecule has 4 rings (SSSR count). The van der Waals surface area contributed by atoms with Gasteiger partial charge in [0.1, 0.15) is 11.5 Å². The number of piperazine rings is 1. The lowest BCUT2D eigenvalue weighted by molar-refractivity contribution is 0.0736. The number of fused-ring (bicyclic) bond motifs is 1. The first-order chi connectivity index (χ1) is 12.6. The molecule has 1 aliphatic rings. The zero-order valence-electron chi connectivity index (χ0n) is 14.8. The number of nitrogens with zero attached hydrogens (tertiary/aromatic N) is 4. The summed E-state index contributed by atoms with van der Waals surface area (Å²) in [6.45, 7) is 7.20. The van der Waals surface area contributed by atoms with E-state index < -0.39 is 0 Å². The summed E-state index contributed by atoms with van der Waals surface area (Å²) >= 11 is 1.66. The molecule has 0 N–H and O–H groups in total. The second-order valence-corrected chi connectivity index (χ2v) is 7.17. The summed E-state index contributed by atoms with van der Waals surface area (Å²) in [7, 11) is 0. The van der Waals surface area contributed by atoms with Crippen LogP contribution < -0.4 is 9.64 Å². The Balaban J connectivity index is 1.44. The van der Waals surface area contributed by atoms with E-state index in [2.05, 4.69) is 10.1 Å². The predicted molar refractivity (Wildman–Crippen MR) is 100 cm³/mol. The fraction of sp³-hybridized carbons (Fsp3) is 0.389. The summed E-state index contributed by atoms with van der Waals surface area (Å²) in [6, 6.07) is 7.66. The number of thiazole rings is 1. The topological polar surface area (TPSA) is 71.7 Å². The fourth-order valence-corrected chi connectivity index (χ4v) is 4.06. The van der Waals surface area contributed by atoms with Crippen LogP contribution >= 0.6 is 11.3 Å². The highest BCUT2D eigenvalue weighted by molar-refractivity contribution is 7.22. The van der Waals surface area contributed by atoms with Crippen LogP contribution in [-0.2, 0) is 0 Å². The molecule has 2 aromatic heterocycles. The Bertz CT molecular complexity index is 928. The van der Waals surface area contributed by atoms with Gasteiger partial charge in [-0.1, -0.05) is 16.5 Å². The lowest BCUT2D eigenvalue weighted by atomic mass is 10.3. The van der Waals surface area contributed by atoms with E-state index in [-0.39, 0.29) is 5.91 Å². The van der Waals surface area contributed by atoms with E-state index in [0.717, 1.165) is 34.2 Å². The summed E-state index contributed by atoms with van der Waals surface area (Å²) < 4.78 is 11.7. The van der Waals surface area contributed by atoms with Crippen molar-refractivity contribution >= 4 is 32.6 Å². The number of aromatic nitrogens is 2. The third-order valence-electron chi connectivity index (χ3n) is 4.34.